The topological polar surface area (TPSA) is 30.0 Å². The van der Waals surface area contributed by atoms with Crippen molar-refractivity contribution >= 4 is 5.78 Å². The van der Waals surface area contributed by atoms with E-state index in [1.54, 1.807) is 18.3 Å². The molecular weight excluding hydrogens is 258 g/mol. The first-order valence-electron chi connectivity index (χ1n) is 7.16. The van der Waals surface area contributed by atoms with E-state index in [2.05, 4.69) is 29.4 Å². The fraction of sp³-hybridized carbons (Fsp3) is 0.211. The first-order chi connectivity index (χ1) is 10.3. The van der Waals surface area contributed by atoms with Crippen LogP contribution in [0.1, 0.15) is 28.9 Å². The van der Waals surface area contributed by atoms with Crippen molar-refractivity contribution in [1.82, 2.24) is 4.98 Å². The highest BCUT2D eigenvalue weighted by atomic mass is 16.1. The number of allylic oxidation sites excluding steroid dienone is 1. The Bertz CT molecular complexity index is 613. The lowest BCUT2D eigenvalue weighted by Crippen LogP contribution is -2.14. The normalized spacial score (nSPS) is 11.4. The molecule has 2 nitrogen and oxygen atoms in total. The highest BCUT2D eigenvalue weighted by Gasteiger charge is 2.17. The maximum Gasteiger partial charge on any atom is 0.188 e. The number of aryl methyl sites for hydroxylation is 1. The predicted molar refractivity (Wildman–Crippen MR) is 85.1 cm³/mol. The van der Waals surface area contributed by atoms with Crippen molar-refractivity contribution in [1.29, 1.82) is 0 Å². The van der Waals surface area contributed by atoms with Crippen molar-refractivity contribution in [2.45, 2.75) is 19.3 Å². The van der Waals surface area contributed by atoms with E-state index in [9.17, 15) is 4.79 Å². The summed E-state index contributed by atoms with van der Waals surface area (Å²) in [5.41, 5.74) is 4.55. The average Bonchev–Trinajstić information content (AvgIpc) is 2.55. The monoisotopic (exact) mass is 277 g/mol. The van der Waals surface area contributed by atoms with Crippen LogP contribution in [0, 0.1) is 5.92 Å². The minimum atomic E-state index is -0.193. The van der Waals surface area contributed by atoms with Crippen LogP contribution in [-0.4, -0.2) is 10.8 Å². The summed E-state index contributed by atoms with van der Waals surface area (Å²) in [6.07, 6.45) is 6.10. The zero-order valence-electron chi connectivity index (χ0n) is 12.0. The van der Waals surface area contributed by atoms with E-state index >= 15 is 0 Å². The SMILES string of the molecule is C=C=CC(CCCc1ccccc1)C(=O)c1ccccn1. The van der Waals surface area contributed by atoms with Gasteiger partial charge in [0.25, 0.3) is 0 Å². The molecule has 1 aromatic heterocycles. The van der Waals surface area contributed by atoms with Crippen LogP contribution in [0.2, 0.25) is 0 Å². The van der Waals surface area contributed by atoms with Gasteiger partial charge in [-0.2, -0.15) is 0 Å². The molecule has 0 spiro atoms. The molecule has 0 radical (unpaired) electrons. The molecule has 2 rings (SSSR count). The van der Waals surface area contributed by atoms with Crippen molar-refractivity contribution in [3.8, 4) is 0 Å². The van der Waals surface area contributed by atoms with E-state index in [-0.39, 0.29) is 11.7 Å². The molecule has 1 aromatic carbocycles. The Labute approximate surface area is 125 Å². The summed E-state index contributed by atoms with van der Waals surface area (Å²) >= 11 is 0. The molecule has 0 aliphatic heterocycles. The van der Waals surface area contributed by atoms with Crippen molar-refractivity contribution in [2.75, 3.05) is 0 Å². The Morgan fingerprint density at radius 1 is 1.19 bits per heavy atom. The van der Waals surface area contributed by atoms with Crippen LogP contribution < -0.4 is 0 Å². The lowest BCUT2D eigenvalue weighted by atomic mass is 9.93. The third-order valence-electron chi connectivity index (χ3n) is 3.40. The van der Waals surface area contributed by atoms with Gasteiger partial charge < -0.3 is 0 Å². The summed E-state index contributed by atoms with van der Waals surface area (Å²) < 4.78 is 0. The number of Topliss-reactive ketones (excluding diaryl/α,β-unsaturated/α-hetero) is 1. The van der Waals surface area contributed by atoms with Crippen LogP contribution in [-0.2, 0) is 6.42 Å². The molecule has 0 saturated heterocycles. The van der Waals surface area contributed by atoms with Crippen LogP contribution in [0.5, 0.6) is 0 Å². The maximum absolute atomic E-state index is 12.4. The molecule has 106 valence electrons. The molecule has 0 amide bonds. The van der Waals surface area contributed by atoms with Crippen molar-refractivity contribution in [3.63, 3.8) is 0 Å². The Morgan fingerprint density at radius 3 is 2.62 bits per heavy atom. The molecule has 2 heteroatoms. The van der Waals surface area contributed by atoms with Crippen LogP contribution in [0.3, 0.4) is 0 Å². The smallest absolute Gasteiger partial charge is 0.188 e. The molecule has 1 atom stereocenters. The first-order valence-corrected chi connectivity index (χ1v) is 7.16. The zero-order valence-corrected chi connectivity index (χ0v) is 12.0. The molecule has 0 N–H and O–H groups in total. The van der Waals surface area contributed by atoms with E-state index in [0.717, 1.165) is 19.3 Å². The molecular formula is C19H19NO. The van der Waals surface area contributed by atoms with Gasteiger partial charge in [-0.1, -0.05) is 43.0 Å². The third kappa shape index (κ3) is 4.55. The number of hydrogen-bond donors (Lipinski definition) is 0. The zero-order chi connectivity index (χ0) is 14.9. The summed E-state index contributed by atoms with van der Waals surface area (Å²) in [5.74, 6) is -0.152. The van der Waals surface area contributed by atoms with Gasteiger partial charge in [-0.15, -0.1) is 5.73 Å². The molecule has 0 aliphatic rings. The van der Waals surface area contributed by atoms with Gasteiger partial charge in [-0.3, -0.25) is 9.78 Å². The number of pyridine rings is 1. The number of carbonyl (C=O) groups is 1. The lowest BCUT2D eigenvalue weighted by Gasteiger charge is -2.10. The Balaban J connectivity index is 1.96. The fourth-order valence-electron chi connectivity index (χ4n) is 2.30. The van der Waals surface area contributed by atoms with Crippen LogP contribution >= 0.6 is 0 Å². The number of benzene rings is 1. The molecule has 0 saturated carbocycles. The van der Waals surface area contributed by atoms with Crippen molar-refractivity contribution in [2.24, 2.45) is 5.92 Å². The molecule has 21 heavy (non-hydrogen) atoms. The molecule has 1 heterocycles. The first kappa shape index (κ1) is 15.0. The summed E-state index contributed by atoms with van der Waals surface area (Å²) in [6.45, 7) is 3.59. The van der Waals surface area contributed by atoms with Gasteiger partial charge in [0.15, 0.2) is 5.78 Å². The van der Waals surface area contributed by atoms with E-state index in [1.807, 2.05) is 30.3 Å². The average molecular weight is 277 g/mol. The van der Waals surface area contributed by atoms with E-state index in [0.29, 0.717) is 5.69 Å². The number of rotatable bonds is 7. The minimum absolute atomic E-state index is 0.0415. The highest BCUT2D eigenvalue weighted by Crippen LogP contribution is 2.16. The van der Waals surface area contributed by atoms with Gasteiger partial charge in [-0.05, 0) is 43.0 Å². The van der Waals surface area contributed by atoms with Crippen molar-refractivity contribution < 1.29 is 4.79 Å². The Morgan fingerprint density at radius 2 is 1.95 bits per heavy atom. The second-order valence-electron chi connectivity index (χ2n) is 4.93. The van der Waals surface area contributed by atoms with Gasteiger partial charge in [0.1, 0.15) is 5.69 Å². The standard InChI is InChI=1S/C19H19NO/c1-2-9-17(19(21)18-14-6-7-15-20-18)13-8-12-16-10-4-3-5-11-16/h3-7,9-11,14-15,17H,1,8,12-13H2. The summed E-state index contributed by atoms with van der Waals surface area (Å²) in [6, 6.07) is 15.7. The lowest BCUT2D eigenvalue weighted by molar-refractivity contribution is 0.0934. The second-order valence-corrected chi connectivity index (χ2v) is 4.93. The number of carbonyl (C=O) groups excluding carboxylic acids is 1. The largest absolute Gasteiger partial charge is 0.292 e. The molecule has 0 fully saturated rings. The van der Waals surface area contributed by atoms with Gasteiger partial charge in [0.05, 0.1) is 0 Å². The van der Waals surface area contributed by atoms with E-state index in [4.69, 9.17) is 0 Å². The van der Waals surface area contributed by atoms with Gasteiger partial charge in [-0.25, -0.2) is 0 Å². The second kappa shape index (κ2) is 7.98. The van der Waals surface area contributed by atoms with E-state index in [1.165, 1.54) is 5.56 Å². The van der Waals surface area contributed by atoms with Crippen LogP contribution in [0.15, 0.2) is 73.1 Å². The van der Waals surface area contributed by atoms with Crippen LogP contribution in [0.4, 0.5) is 0 Å². The maximum atomic E-state index is 12.4. The number of hydrogen-bond acceptors (Lipinski definition) is 2. The van der Waals surface area contributed by atoms with Crippen molar-refractivity contribution in [3.05, 3.63) is 84.4 Å². The predicted octanol–water partition coefficient (Wildman–Crippen LogP) is 4.24. The minimum Gasteiger partial charge on any atom is -0.292 e. The summed E-state index contributed by atoms with van der Waals surface area (Å²) in [7, 11) is 0. The van der Waals surface area contributed by atoms with Crippen LogP contribution in [0.25, 0.3) is 0 Å². The quantitative estimate of drug-likeness (QED) is 0.559. The number of aromatic nitrogens is 1. The molecule has 0 aliphatic carbocycles. The molecule has 1 unspecified atom stereocenters. The van der Waals surface area contributed by atoms with Gasteiger partial charge >= 0.3 is 0 Å². The number of ketones is 1. The molecule has 2 aromatic rings. The third-order valence-corrected chi connectivity index (χ3v) is 3.40. The summed E-state index contributed by atoms with van der Waals surface area (Å²) in [5, 5.41) is 0. The Kier molecular flexibility index (Phi) is 5.69. The molecule has 0 bridgehead atoms. The summed E-state index contributed by atoms with van der Waals surface area (Å²) in [4.78, 5) is 16.5. The highest BCUT2D eigenvalue weighted by molar-refractivity contribution is 5.97. The number of nitrogens with zero attached hydrogens (tertiary/aromatic N) is 1. The van der Waals surface area contributed by atoms with E-state index < -0.39 is 0 Å². The fourth-order valence-corrected chi connectivity index (χ4v) is 2.30. The van der Waals surface area contributed by atoms with Gasteiger partial charge in [0, 0.05) is 12.1 Å². The Hall–Kier alpha value is -2.44. The van der Waals surface area contributed by atoms with Gasteiger partial charge in [0.2, 0.25) is 0 Å².